The van der Waals surface area contributed by atoms with Crippen LogP contribution in [0.2, 0.25) is 0 Å². The molecule has 0 fully saturated rings. The molecule has 5 heteroatoms. The average Bonchev–Trinajstić information content (AvgIpc) is 2.31. The van der Waals surface area contributed by atoms with Gasteiger partial charge in [0.1, 0.15) is 0 Å². The molecular weight excluding hydrogens is 305 g/mol. The Labute approximate surface area is 115 Å². The minimum absolute atomic E-state index is 0.150. The molecule has 0 aliphatic rings. The van der Waals surface area contributed by atoms with Gasteiger partial charge in [0.25, 0.3) is 5.91 Å². The van der Waals surface area contributed by atoms with Gasteiger partial charge in [0.05, 0.1) is 18.2 Å². The molecule has 17 heavy (non-hydrogen) atoms. The van der Waals surface area contributed by atoms with E-state index in [0.29, 0.717) is 18.1 Å². The van der Waals surface area contributed by atoms with E-state index >= 15 is 0 Å². The Balaban J connectivity index is 2.78. The zero-order valence-electron chi connectivity index (χ0n) is 9.80. The van der Waals surface area contributed by atoms with E-state index in [-0.39, 0.29) is 11.9 Å². The van der Waals surface area contributed by atoms with Crippen LogP contribution in [0.1, 0.15) is 15.9 Å². The number of benzene rings is 1. The van der Waals surface area contributed by atoms with Crippen LogP contribution >= 0.6 is 27.5 Å². The van der Waals surface area contributed by atoms with E-state index in [2.05, 4.69) is 21.2 Å². The molecule has 0 aromatic heterocycles. The van der Waals surface area contributed by atoms with Gasteiger partial charge in [-0.15, -0.1) is 11.6 Å². The zero-order chi connectivity index (χ0) is 12.8. The van der Waals surface area contributed by atoms with Crippen LogP contribution in [0.3, 0.4) is 0 Å². The molecule has 1 atom stereocenters. The number of hydrogen-bond acceptors (Lipinski definition) is 2. The largest absolute Gasteiger partial charge is 0.383 e. The molecule has 1 aromatic rings. The van der Waals surface area contributed by atoms with E-state index in [1.54, 1.807) is 7.11 Å². The molecule has 0 spiro atoms. The fraction of sp³-hybridized carbons (Fsp3) is 0.417. The summed E-state index contributed by atoms with van der Waals surface area (Å²) in [7, 11) is 1.58. The fourth-order valence-electron chi connectivity index (χ4n) is 1.40. The fourth-order valence-corrected chi connectivity index (χ4v) is 2.00. The maximum atomic E-state index is 12.0. The van der Waals surface area contributed by atoms with Crippen LogP contribution in [-0.4, -0.2) is 31.5 Å². The summed E-state index contributed by atoms with van der Waals surface area (Å²) in [6.45, 7) is 2.34. The Kier molecular flexibility index (Phi) is 5.95. The number of aryl methyl sites for hydroxylation is 1. The Hall–Kier alpha value is -0.580. The van der Waals surface area contributed by atoms with Gasteiger partial charge in [-0.05, 0) is 35.0 Å². The van der Waals surface area contributed by atoms with E-state index in [1.165, 1.54) is 0 Å². The first-order chi connectivity index (χ1) is 8.08. The highest BCUT2D eigenvalue weighted by Gasteiger charge is 2.15. The molecule has 0 aliphatic carbocycles. The van der Waals surface area contributed by atoms with Crippen molar-refractivity contribution in [1.29, 1.82) is 0 Å². The van der Waals surface area contributed by atoms with Crippen molar-refractivity contribution < 1.29 is 9.53 Å². The van der Waals surface area contributed by atoms with E-state index in [1.807, 2.05) is 25.1 Å². The summed E-state index contributed by atoms with van der Waals surface area (Å²) >= 11 is 9.10. The molecule has 3 nitrogen and oxygen atoms in total. The van der Waals surface area contributed by atoms with Crippen LogP contribution in [0.5, 0.6) is 0 Å². The number of ether oxygens (including phenoxy) is 1. The number of halogens is 2. The van der Waals surface area contributed by atoms with E-state index in [4.69, 9.17) is 16.3 Å². The van der Waals surface area contributed by atoms with Crippen LogP contribution in [0.4, 0.5) is 0 Å². The SMILES string of the molecule is COCC(CCl)NC(=O)c1cc(C)ccc1Br. The van der Waals surface area contributed by atoms with Gasteiger partial charge in [-0.25, -0.2) is 0 Å². The van der Waals surface area contributed by atoms with Crippen molar-refractivity contribution in [3.8, 4) is 0 Å². The number of carbonyl (C=O) groups excluding carboxylic acids is 1. The van der Waals surface area contributed by atoms with Crippen LogP contribution in [0, 0.1) is 6.92 Å². The number of rotatable bonds is 5. The first-order valence-corrected chi connectivity index (χ1v) is 6.53. The number of hydrogen-bond donors (Lipinski definition) is 1. The van der Waals surface area contributed by atoms with Crippen molar-refractivity contribution in [2.45, 2.75) is 13.0 Å². The van der Waals surface area contributed by atoms with E-state index in [0.717, 1.165) is 10.0 Å². The summed E-state index contributed by atoms with van der Waals surface area (Å²) in [5.74, 6) is 0.173. The molecule has 94 valence electrons. The normalized spacial score (nSPS) is 12.2. The van der Waals surface area contributed by atoms with Crippen molar-refractivity contribution in [2.75, 3.05) is 19.6 Å². The molecular formula is C12H15BrClNO2. The smallest absolute Gasteiger partial charge is 0.252 e. The Morgan fingerprint density at radius 3 is 2.88 bits per heavy atom. The van der Waals surface area contributed by atoms with Crippen molar-refractivity contribution in [3.63, 3.8) is 0 Å². The van der Waals surface area contributed by atoms with E-state index in [9.17, 15) is 4.79 Å². The Morgan fingerprint density at radius 1 is 1.59 bits per heavy atom. The first kappa shape index (κ1) is 14.5. The second kappa shape index (κ2) is 6.99. The number of alkyl halides is 1. The summed E-state index contributed by atoms with van der Waals surface area (Å²) in [5, 5.41) is 2.83. The average molecular weight is 321 g/mol. The highest BCUT2D eigenvalue weighted by atomic mass is 79.9. The maximum Gasteiger partial charge on any atom is 0.252 e. The molecule has 1 aromatic carbocycles. The summed E-state index contributed by atoms with van der Waals surface area (Å²) in [4.78, 5) is 12.0. The van der Waals surface area contributed by atoms with Crippen molar-refractivity contribution in [1.82, 2.24) is 5.32 Å². The molecule has 1 rings (SSSR count). The second-order valence-corrected chi connectivity index (χ2v) is 4.93. The third-order valence-corrected chi connectivity index (χ3v) is 3.32. The molecule has 0 saturated carbocycles. The van der Waals surface area contributed by atoms with Crippen molar-refractivity contribution in [3.05, 3.63) is 33.8 Å². The van der Waals surface area contributed by atoms with Crippen molar-refractivity contribution in [2.24, 2.45) is 0 Å². The summed E-state index contributed by atoms with van der Waals surface area (Å²) in [6, 6.07) is 5.45. The van der Waals surface area contributed by atoms with Gasteiger partial charge in [-0.3, -0.25) is 4.79 Å². The van der Waals surface area contributed by atoms with Gasteiger partial charge in [-0.1, -0.05) is 11.6 Å². The standard InChI is InChI=1S/C12H15BrClNO2/c1-8-3-4-11(13)10(5-8)12(16)15-9(6-14)7-17-2/h3-5,9H,6-7H2,1-2H3,(H,15,16). The highest BCUT2D eigenvalue weighted by molar-refractivity contribution is 9.10. The monoisotopic (exact) mass is 319 g/mol. The minimum atomic E-state index is -0.179. The molecule has 0 bridgehead atoms. The minimum Gasteiger partial charge on any atom is -0.383 e. The first-order valence-electron chi connectivity index (χ1n) is 5.20. The van der Waals surface area contributed by atoms with Gasteiger partial charge >= 0.3 is 0 Å². The lowest BCUT2D eigenvalue weighted by atomic mass is 10.1. The second-order valence-electron chi connectivity index (χ2n) is 3.76. The van der Waals surface area contributed by atoms with Gasteiger partial charge in [0.15, 0.2) is 0 Å². The molecule has 1 unspecified atom stereocenters. The topological polar surface area (TPSA) is 38.3 Å². The Bertz CT molecular complexity index is 398. The Morgan fingerprint density at radius 2 is 2.29 bits per heavy atom. The number of methoxy groups -OCH3 is 1. The quantitative estimate of drug-likeness (QED) is 0.847. The molecule has 0 aliphatic heterocycles. The highest BCUT2D eigenvalue weighted by Crippen LogP contribution is 2.18. The predicted octanol–water partition coefficient (Wildman–Crippen LogP) is 2.74. The lowest BCUT2D eigenvalue weighted by Crippen LogP contribution is -2.39. The molecule has 0 saturated heterocycles. The van der Waals surface area contributed by atoms with Gasteiger partial charge < -0.3 is 10.1 Å². The number of amides is 1. The molecule has 0 heterocycles. The summed E-state index contributed by atoms with van der Waals surface area (Å²) in [5.41, 5.74) is 1.64. The van der Waals surface area contributed by atoms with Gasteiger partial charge in [-0.2, -0.15) is 0 Å². The van der Waals surface area contributed by atoms with Gasteiger partial charge in [0, 0.05) is 17.5 Å². The lowest BCUT2D eigenvalue weighted by molar-refractivity contribution is 0.0906. The van der Waals surface area contributed by atoms with E-state index < -0.39 is 0 Å². The van der Waals surface area contributed by atoms with Crippen molar-refractivity contribution >= 4 is 33.4 Å². The van der Waals surface area contributed by atoms with Crippen LogP contribution in [0.25, 0.3) is 0 Å². The zero-order valence-corrected chi connectivity index (χ0v) is 12.1. The predicted molar refractivity (Wildman–Crippen MR) is 72.7 cm³/mol. The maximum absolute atomic E-state index is 12.0. The van der Waals surface area contributed by atoms with Crippen LogP contribution < -0.4 is 5.32 Å². The molecule has 1 N–H and O–H groups in total. The number of nitrogens with one attached hydrogen (secondary N) is 1. The molecule has 0 radical (unpaired) electrons. The van der Waals surface area contributed by atoms with Crippen LogP contribution in [0.15, 0.2) is 22.7 Å². The number of carbonyl (C=O) groups is 1. The third-order valence-electron chi connectivity index (χ3n) is 2.26. The lowest BCUT2D eigenvalue weighted by Gasteiger charge is -2.15. The van der Waals surface area contributed by atoms with Crippen LogP contribution in [-0.2, 0) is 4.74 Å². The summed E-state index contributed by atoms with van der Waals surface area (Å²) in [6.07, 6.45) is 0. The summed E-state index contributed by atoms with van der Waals surface area (Å²) < 4.78 is 5.74. The van der Waals surface area contributed by atoms with Gasteiger partial charge in [0.2, 0.25) is 0 Å². The molecule has 1 amide bonds. The third kappa shape index (κ3) is 4.30.